The third kappa shape index (κ3) is 2.37. The van der Waals surface area contributed by atoms with E-state index in [0.29, 0.717) is 17.8 Å². The highest BCUT2D eigenvalue weighted by Gasteiger charge is 2.50. The molecule has 0 aromatic heterocycles. The number of nitrogens with zero attached hydrogens (tertiary/aromatic N) is 2. The molecule has 0 unspecified atom stereocenters. The lowest BCUT2D eigenvalue weighted by Crippen LogP contribution is -2.43. The van der Waals surface area contributed by atoms with Gasteiger partial charge in [-0.05, 0) is 30.1 Å². The first-order valence-corrected chi connectivity index (χ1v) is 7.37. The number of urea groups is 1. The molecular formula is C14H23N3O3. The predicted octanol–water partition coefficient (Wildman–Crippen LogP) is -0.00150. The topological polar surface area (TPSA) is 61.9 Å². The average molecular weight is 281 g/mol. The Kier molecular flexibility index (Phi) is 3.58. The molecule has 1 aliphatic carbocycles. The molecule has 3 aliphatic rings. The van der Waals surface area contributed by atoms with Crippen molar-refractivity contribution in [3.63, 3.8) is 0 Å². The third-order valence-corrected chi connectivity index (χ3v) is 5.04. The minimum Gasteiger partial charge on any atom is -0.381 e. The lowest BCUT2D eigenvalue weighted by Gasteiger charge is -2.21. The van der Waals surface area contributed by atoms with Gasteiger partial charge in [0.1, 0.15) is 0 Å². The summed E-state index contributed by atoms with van der Waals surface area (Å²) in [5, 5.41) is 2.64. The molecule has 20 heavy (non-hydrogen) atoms. The zero-order valence-corrected chi connectivity index (χ0v) is 12.2. The van der Waals surface area contributed by atoms with E-state index in [1.807, 2.05) is 4.90 Å². The first-order chi connectivity index (χ1) is 9.56. The van der Waals surface area contributed by atoms with Gasteiger partial charge in [0.05, 0.1) is 13.2 Å². The van der Waals surface area contributed by atoms with E-state index in [-0.39, 0.29) is 18.5 Å². The molecule has 2 aliphatic heterocycles. The van der Waals surface area contributed by atoms with Gasteiger partial charge in [-0.1, -0.05) is 0 Å². The standard InChI is InChI=1S/C14H23N3O3/c1-16(2)14(19)15-4-13(18)17-5-9-3-10-7-20-8-12(10)11(9)6-17/h9-12H,3-8H2,1-2H3,(H,15,19)/t9-,10+,11+,12-/m0/s1. The molecule has 0 bridgehead atoms. The molecular weight excluding hydrogens is 258 g/mol. The highest BCUT2D eigenvalue weighted by molar-refractivity contribution is 5.84. The molecule has 3 fully saturated rings. The molecule has 0 aromatic carbocycles. The molecule has 1 saturated carbocycles. The molecule has 2 saturated heterocycles. The number of amides is 3. The Labute approximate surface area is 119 Å². The Morgan fingerprint density at radius 3 is 2.75 bits per heavy atom. The third-order valence-electron chi connectivity index (χ3n) is 5.04. The van der Waals surface area contributed by atoms with Gasteiger partial charge in [-0.15, -0.1) is 0 Å². The molecule has 3 amide bonds. The largest absolute Gasteiger partial charge is 0.381 e. The first-order valence-electron chi connectivity index (χ1n) is 7.37. The fourth-order valence-electron chi connectivity index (χ4n) is 3.98. The lowest BCUT2D eigenvalue weighted by molar-refractivity contribution is -0.129. The normalized spacial score (nSPS) is 34.8. The van der Waals surface area contributed by atoms with Gasteiger partial charge in [0, 0.05) is 33.8 Å². The first kappa shape index (κ1) is 13.7. The highest BCUT2D eigenvalue weighted by Crippen LogP contribution is 2.48. The number of carbonyl (C=O) groups is 2. The van der Waals surface area contributed by atoms with E-state index in [0.717, 1.165) is 32.2 Å². The minimum atomic E-state index is -0.220. The number of hydrogen-bond acceptors (Lipinski definition) is 3. The number of rotatable bonds is 2. The summed E-state index contributed by atoms with van der Waals surface area (Å²) in [6.07, 6.45) is 1.20. The van der Waals surface area contributed by atoms with Gasteiger partial charge in [-0.2, -0.15) is 0 Å². The maximum atomic E-state index is 12.2. The van der Waals surface area contributed by atoms with Crippen molar-refractivity contribution >= 4 is 11.9 Å². The number of nitrogens with one attached hydrogen (secondary N) is 1. The summed E-state index contributed by atoms with van der Waals surface area (Å²) in [6.45, 7) is 3.57. The van der Waals surface area contributed by atoms with Gasteiger partial charge < -0.3 is 19.9 Å². The van der Waals surface area contributed by atoms with Crippen molar-refractivity contribution in [3.8, 4) is 0 Å². The SMILES string of the molecule is CN(C)C(=O)NCC(=O)N1C[C@@H]2C[C@@H]3COC[C@@H]3[C@@H]2C1. The summed E-state index contributed by atoms with van der Waals surface area (Å²) < 4.78 is 5.55. The quantitative estimate of drug-likeness (QED) is 0.775. The summed E-state index contributed by atoms with van der Waals surface area (Å²) in [6, 6.07) is -0.220. The molecule has 0 aromatic rings. The van der Waals surface area contributed by atoms with Crippen molar-refractivity contribution in [2.75, 3.05) is 46.9 Å². The molecule has 6 heteroatoms. The Hall–Kier alpha value is -1.30. The van der Waals surface area contributed by atoms with E-state index in [4.69, 9.17) is 4.74 Å². The van der Waals surface area contributed by atoms with Crippen molar-refractivity contribution in [1.29, 1.82) is 0 Å². The Morgan fingerprint density at radius 1 is 1.20 bits per heavy atom. The Morgan fingerprint density at radius 2 is 2.00 bits per heavy atom. The molecule has 3 rings (SSSR count). The second-order valence-corrected chi connectivity index (χ2v) is 6.47. The van der Waals surface area contributed by atoms with E-state index in [9.17, 15) is 9.59 Å². The van der Waals surface area contributed by atoms with Crippen LogP contribution in [0.25, 0.3) is 0 Å². The van der Waals surface area contributed by atoms with Gasteiger partial charge in [0.15, 0.2) is 0 Å². The summed E-state index contributed by atoms with van der Waals surface area (Å²) in [7, 11) is 3.33. The molecule has 1 N–H and O–H groups in total. The van der Waals surface area contributed by atoms with E-state index < -0.39 is 0 Å². The molecule has 112 valence electrons. The van der Waals surface area contributed by atoms with Crippen LogP contribution in [-0.4, -0.2) is 68.7 Å². The van der Waals surface area contributed by atoms with Crippen molar-refractivity contribution in [2.24, 2.45) is 23.7 Å². The number of ether oxygens (including phenoxy) is 1. The van der Waals surface area contributed by atoms with Crippen molar-refractivity contribution < 1.29 is 14.3 Å². The second kappa shape index (κ2) is 5.24. The fraction of sp³-hybridized carbons (Fsp3) is 0.857. The Bertz CT molecular complexity index is 412. The van der Waals surface area contributed by atoms with Crippen LogP contribution in [0.3, 0.4) is 0 Å². The van der Waals surface area contributed by atoms with Crippen LogP contribution >= 0.6 is 0 Å². The van der Waals surface area contributed by atoms with Crippen LogP contribution in [0.4, 0.5) is 4.79 Å². The van der Waals surface area contributed by atoms with E-state index >= 15 is 0 Å². The smallest absolute Gasteiger partial charge is 0.317 e. The van der Waals surface area contributed by atoms with Crippen LogP contribution in [0.15, 0.2) is 0 Å². The van der Waals surface area contributed by atoms with Crippen molar-refractivity contribution in [3.05, 3.63) is 0 Å². The van der Waals surface area contributed by atoms with E-state index in [1.54, 1.807) is 14.1 Å². The molecule has 0 radical (unpaired) electrons. The summed E-state index contributed by atoms with van der Waals surface area (Å²) >= 11 is 0. The van der Waals surface area contributed by atoms with Crippen molar-refractivity contribution in [1.82, 2.24) is 15.1 Å². The number of likely N-dealkylation sites (tertiary alicyclic amines) is 1. The van der Waals surface area contributed by atoms with Crippen LogP contribution in [0.2, 0.25) is 0 Å². The maximum absolute atomic E-state index is 12.2. The maximum Gasteiger partial charge on any atom is 0.317 e. The van der Waals surface area contributed by atoms with Crippen LogP contribution < -0.4 is 5.32 Å². The van der Waals surface area contributed by atoms with Crippen LogP contribution in [0, 0.1) is 23.7 Å². The van der Waals surface area contributed by atoms with Crippen LogP contribution in [-0.2, 0) is 9.53 Å². The van der Waals surface area contributed by atoms with Gasteiger partial charge in [0.2, 0.25) is 5.91 Å². The lowest BCUT2D eigenvalue weighted by atomic mass is 9.91. The highest BCUT2D eigenvalue weighted by atomic mass is 16.5. The van der Waals surface area contributed by atoms with Crippen LogP contribution in [0.5, 0.6) is 0 Å². The number of fused-ring (bicyclic) bond motifs is 3. The fourth-order valence-corrected chi connectivity index (χ4v) is 3.98. The summed E-state index contributed by atoms with van der Waals surface area (Å²) in [5.41, 5.74) is 0. The zero-order valence-electron chi connectivity index (χ0n) is 12.2. The van der Waals surface area contributed by atoms with Gasteiger partial charge in [0.25, 0.3) is 0 Å². The van der Waals surface area contributed by atoms with E-state index in [2.05, 4.69) is 5.32 Å². The summed E-state index contributed by atoms with van der Waals surface area (Å²) in [5.74, 6) is 2.65. The predicted molar refractivity (Wildman–Crippen MR) is 73.1 cm³/mol. The molecule has 4 atom stereocenters. The number of hydrogen-bond donors (Lipinski definition) is 1. The molecule has 2 heterocycles. The van der Waals surface area contributed by atoms with Gasteiger partial charge >= 0.3 is 6.03 Å². The van der Waals surface area contributed by atoms with Gasteiger partial charge in [-0.3, -0.25) is 4.79 Å². The average Bonchev–Trinajstić information content (AvgIpc) is 3.05. The van der Waals surface area contributed by atoms with Crippen molar-refractivity contribution in [2.45, 2.75) is 6.42 Å². The minimum absolute atomic E-state index is 0.0325. The molecule has 0 spiro atoms. The Balaban J connectivity index is 1.51. The number of carbonyl (C=O) groups excluding carboxylic acids is 2. The van der Waals surface area contributed by atoms with E-state index in [1.165, 1.54) is 11.3 Å². The monoisotopic (exact) mass is 281 g/mol. The van der Waals surface area contributed by atoms with Gasteiger partial charge in [-0.25, -0.2) is 4.79 Å². The second-order valence-electron chi connectivity index (χ2n) is 6.47. The molecule has 6 nitrogen and oxygen atoms in total. The van der Waals surface area contributed by atoms with Crippen LogP contribution in [0.1, 0.15) is 6.42 Å². The zero-order chi connectivity index (χ0) is 14.3. The summed E-state index contributed by atoms with van der Waals surface area (Å²) in [4.78, 5) is 26.9.